The van der Waals surface area contributed by atoms with Gasteiger partial charge in [-0.3, -0.25) is 4.79 Å². The number of allylic oxidation sites excluding steroid dienone is 1. The van der Waals surface area contributed by atoms with Gasteiger partial charge in [0.15, 0.2) is 5.76 Å². The fraction of sp³-hybridized carbons (Fsp3) is 0.182. The standard InChI is InChI=1S/C11H10O2/c1-13-11-7-9-5-3-2-4-8(9)6-10(11)12/h2-5,7H,6H2,1H3. The van der Waals surface area contributed by atoms with Crippen LogP contribution in [0, 0.1) is 0 Å². The van der Waals surface area contributed by atoms with Gasteiger partial charge < -0.3 is 4.74 Å². The molecule has 0 N–H and O–H groups in total. The van der Waals surface area contributed by atoms with Gasteiger partial charge in [-0.2, -0.15) is 0 Å². The van der Waals surface area contributed by atoms with Crippen molar-refractivity contribution in [3.63, 3.8) is 0 Å². The molecule has 13 heavy (non-hydrogen) atoms. The molecule has 0 heterocycles. The fourth-order valence-corrected chi connectivity index (χ4v) is 1.49. The summed E-state index contributed by atoms with van der Waals surface area (Å²) in [7, 11) is 1.53. The Morgan fingerprint density at radius 3 is 2.85 bits per heavy atom. The second-order valence-corrected chi connectivity index (χ2v) is 3.01. The Kier molecular flexibility index (Phi) is 1.89. The van der Waals surface area contributed by atoms with Crippen LogP contribution in [0.2, 0.25) is 0 Å². The van der Waals surface area contributed by atoms with E-state index in [0.717, 1.165) is 11.1 Å². The summed E-state index contributed by atoms with van der Waals surface area (Å²) in [6, 6.07) is 7.85. The summed E-state index contributed by atoms with van der Waals surface area (Å²) in [6.07, 6.45) is 2.25. The molecule has 0 aromatic heterocycles. The van der Waals surface area contributed by atoms with E-state index in [4.69, 9.17) is 4.74 Å². The summed E-state index contributed by atoms with van der Waals surface area (Å²) >= 11 is 0. The van der Waals surface area contributed by atoms with E-state index >= 15 is 0 Å². The highest BCUT2D eigenvalue weighted by atomic mass is 16.5. The van der Waals surface area contributed by atoms with Gasteiger partial charge in [0.25, 0.3) is 0 Å². The maximum Gasteiger partial charge on any atom is 0.201 e. The number of carbonyl (C=O) groups excluding carboxylic acids is 1. The quantitative estimate of drug-likeness (QED) is 0.649. The molecule has 2 rings (SSSR count). The van der Waals surface area contributed by atoms with Crippen LogP contribution in [0.3, 0.4) is 0 Å². The summed E-state index contributed by atoms with van der Waals surface area (Å²) in [5, 5.41) is 0. The summed E-state index contributed by atoms with van der Waals surface area (Å²) in [5.41, 5.74) is 2.16. The van der Waals surface area contributed by atoms with Crippen molar-refractivity contribution in [1.82, 2.24) is 0 Å². The number of ketones is 1. The van der Waals surface area contributed by atoms with Crippen molar-refractivity contribution < 1.29 is 9.53 Å². The lowest BCUT2D eigenvalue weighted by atomic mass is 9.96. The predicted octanol–water partition coefficient (Wildman–Crippen LogP) is 1.80. The van der Waals surface area contributed by atoms with Crippen molar-refractivity contribution >= 4 is 11.9 Å². The topological polar surface area (TPSA) is 26.3 Å². The number of hydrogen-bond acceptors (Lipinski definition) is 2. The van der Waals surface area contributed by atoms with Crippen molar-refractivity contribution in [2.75, 3.05) is 7.11 Å². The maximum atomic E-state index is 11.4. The normalized spacial score (nSPS) is 14.8. The van der Waals surface area contributed by atoms with Crippen molar-refractivity contribution in [3.8, 4) is 0 Å². The molecule has 1 aliphatic rings. The van der Waals surface area contributed by atoms with Gasteiger partial charge in [-0.1, -0.05) is 24.3 Å². The number of methoxy groups -OCH3 is 1. The molecule has 1 aromatic rings. The number of carbonyl (C=O) groups is 1. The molecule has 0 atom stereocenters. The van der Waals surface area contributed by atoms with Gasteiger partial charge in [-0.05, 0) is 17.2 Å². The van der Waals surface area contributed by atoms with Gasteiger partial charge in [0.05, 0.1) is 7.11 Å². The van der Waals surface area contributed by atoms with Crippen LogP contribution in [0.15, 0.2) is 30.0 Å². The van der Waals surface area contributed by atoms with Gasteiger partial charge in [-0.15, -0.1) is 0 Å². The van der Waals surface area contributed by atoms with Gasteiger partial charge in [0, 0.05) is 6.42 Å². The molecule has 0 spiro atoms. The van der Waals surface area contributed by atoms with E-state index in [1.54, 1.807) is 6.08 Å². The zero-order chi connectivity index (χ0) is 9.26. The Labute approximate surface area is 76.8 Å². The zero-order valence-corrected chi connectivity index (χ0v) is 7.41. The molecule has 0 fully saturated rings. The molecule has 1 aromatic carbocycles. The molecule has 1 aliphatic carbocycles. The Hall–Kier alpha value is -1.57. The summed E-state index contributed by atoms with van der Waals surface area (Å²) < 4.78 is 4.97. The summed E-state index contributed by atoms with van der Waals surface area (Å²) in [5.74, 6) is 0.514. The predicted molar refractivity (Wildman–Crippen MR) is 50.1 cm³/mol. The number of benzene rings is 1. The Bertz CT molecular complexity index is 377. The third kappa shape index (κ3) is 1.35. The van der Waals surface area contributed by atoms with E-state index in [1.165, 1.54) is 7.11 Å². The van der Waals surface area contributed by atoms with Gasteiger partial charge in [0.2, 0.25) is 5.78 Å². The van der Waals surface area contributed by atoms with E-state index in [1.807, 2.05) is 24.3 Å². The minimum Gasteiger partial charge on any atom is -0.493 e. The Morgan fingerprint density at radius 2 is 2.08 bits per heavy atom. The first-order valence-corrected chi connectivity index (χ1v) is 4.18. The lowest BCUT2D eigenvalue weighted by Crippen LogP contribution is -2.13. The molecular formula is C11H10O2. The van der Waals surface area contributed by atoms with Crippen LogP contribution in [-0.2, 0) is 16.0 Å². The Balaban J connectivity index is 2.50. The third-order valence-corrected chi connectivity index (χ3v) is 2.19. The number of rotatable bonds is 1. The highest BCUT2D eigenvalue weighted by Gasteiger charge is 2.17. The van der Waals surface area contributed by atoms with Crippen LogP contribution < -0.4 is 0 Å². The molecule has 0 radical (unpaired) electrons. The van der Waals surface area contributed by atoms with Gasteiger partial charge in [0.1, 0.15) is 0 Å². The van der Waals surface area contributed by atoms with Crippen LogP contribution in [0.4, 0.5) is 0 Å². The highest BCUT2D eigenvalue weighted by molar-refractivity contribution is 6.01. The van der Waals surface area contributed by atoms with Gasteiger partial charge >= 0.3 is 0 Å². The van der Waals surface area contributed by atoms with E-state index in [9.17, 15) is 4.79 Å². The largest absolute Gasteiger partial charge is 0.493 e. The molecule has 0 aliphatic heterocycles. The molecule has 2 heteroatoms. The monoisotopic (exact) mass is 174 g/mol. The molecule has 0 saturated carbocycles. The number of Topliss-reactive ketones (excluding diaryl/α,β-unsaturated/α-hetero) is 1. The van der Waals surface area contributed by atoms with Crippen LogP contribution in [-0.4, -0.2) is 12.9 Å². The van der Waals surface area contributed by atoms with Gasteiger partial charge in [-0.25, -0.2) is 0 Å². The summed E-state index contributed by atoms with van der Waals surface area (Å²) in [4.78, 5) is 11.4. The molecule has 0 unspecified atom stereocenters. The lowest BCUT2D eigenvalue weighted by Gasteiger charge is -2.13. The average molecular weight is 174 g/mol. The SMILES string of the molecule is COC1=Cc2ccccc2CC1=O. The average Bonchev–Trinajstić information content (AvgIpc) is 2.17. The fourth-order valence-electron chi connectivity index (χ4n) is 1.49. The molecule has 2 nitrogen and oxygen atoms in total. The molecule has 0 saturated heterocycles. The van der Waals surface area contributed by atoms with Crippen molar-refractivity contribution in [2.45, 2.75) is 6.42 Å². The number of hydrogen-bond donors (Lipinski definition) is 0. The second kappa shape index (κ2) is 3.05. The van der Waals surface area contributed by atoms with Crippen LogP contribution in [0.1, 0.15) is 11.1 Å². The molecule has 66 valence electrons. The van der Waals surface area contributed by atoms with Crippen molar-refractivity contribution in [2.24, 2.45) is 0 Å². The first-order chi connectivity index (χ1) is 6.31. The zero-order valence-electron chi connectivity index (χ0n) is 7.41. The third-order valence-electron chi connectivity index (χ3n) is 2.19. The molecule has 0 bridgehead atoms. The van der Waals surface area contributed by atoms with E-state index in [0.29, 0.717) is 12.2 Å². The number of fused-ring (bicyclic) bond motifs is 1. The molecule has 0 amide bonds. The van der Waals surface area contributed by atoms with E-state index in [-0.39, 0.29) is 5.78 Å². The van der Waals surface area contributed by atoms with E-state index in [2.05, 4.69) is 0 Å². The first kappa shape index (κ1) is 8.05. The van der Waals surface area contributed by atoms with Crippen LogP contribution in [0.25, 0.3) is 6.08 Å². The van der Waals surface area contributed by atoms with Crippen molar-refractivity contribution in [3.05, 3.63) is 41.2 Å². The smallest absolute Gasteiger partial charge is 0.201 e. The first-order valence-electron chi connectivity index (χ1n) is 4.18. The second-order valence-electron chi connectivity index (χ2n) is 3.01. The van der Waals surface area contributed by atoms with Crippen molar-refractivity contribution in [1.29, 1.82) is 0 Å². The highest BCUT2D eigenvalue weighted by Crippen LogP contribution is 2.21. The molecular weight excluding hydrogens is 164 g/mol. The summed E-state index contributed by atoms with van der Waals surface area (Å²) in [6.45, 7) is 0. The minimum atomic E-state index is 0.0567. The lowest BCUT2D eigenvalue weighted by molar-refractivity contribution is -0.117. The van der Waals surface area contributed by atoms with Crippen LogP contribution >= 0.6 is 0 Å². The number of ether oxygens (including phenoxy) is 1. The minimum absolute atomic E-state index is 0.0567. The van der Waals surface area contributed by atoms with E-state index < -0.39 is 0 Å². The Morgan fingerprint density at radius 1 is 1.31 bits per heavy atom. The maximum absolute atomic E-state index is 11.4. The van der Waals surface area contributed by atoms with Crippen LogP contribution in [0.5, 0.6) is 0 Å².